The van der Waals surface area contributed by atoms with Crippen LogP contribution in [0.1, 0.15) is 6.92 Å². The lowest BCUT2D eigenvalue weighted by molar-refractivity contribution is -0.385. The Morgan fingerprint density at radius 3 is 2.54 bits per heavy atom. The molecule has 1 aromatic heterocycles. The van der Waals surface area contributed by atoms with Crippen molar-refractivity contribution in [1.29, 1.82) is 0 Å². The molecule has 1 aromatic rings. The van der Waals surface area contributed by atoms with Gasteiger partial charge >= 0.3 is 12.2 Å². The number of carbonyl (C=O) groups is 2. The molecule has 0 radical (unpaired) electrons. The van der Waals surface area contributed by atoms with Crippen LogP contribution in [0.4, 0.5) is 15.3 Å². The van der Waals surface area contributed by atoms with Crippen LogP contribution >= 0.6 is 21.6 Å². The molecule has 0 aliphatic carbocycles. The number of ether oxygens (including phenoxy) is 1. The topological polar surface area (TPSA) is 126 Å². The Labute approximate surface area is 158 Å². The zero-order chi connectivity index (χ0) is 19.7. The minimum absolute atomic E-state index is 0.0314. The zero-order valence-corrected chi connectivity index (χ0v) is 16.2. The molecule has 0 aliphatic heterocycles. The van der Waals surface area contributed by atoms with E-state index < -0.39 is 17.1 Å². The number of rotatable bonds is 9. The highest BCUT2D eigenvalue weighted by Crippen LogP contribution is 2.33. The van der Waals surface area contributed by atoms with Gasteiger partial charge in [0.05, 0.1) is 4.92 Å². The first-order chi connectivity index (χ1) is 12.2. The second-order valence-corrected chi connectivity index (χ2v) is 7.96. The summed E-state index contributed by atoms with van der Waals surface area (Å²) in [6, 6.07) is 2.94. The summed E-state index contributed by atoms with van der Waals surface area (Å²) in [5.41, 5.74) is -0.0714. The average molecular weight is 404 g/mol. The van der Waals surface area contributed by atoms with Crippen LogP contribution in [-0.2, 0) is 4.74 Å². The van der Waals surface area contributed by atoms with Crippen LogP contribution in [0.2, 0.25) is 0 Å². The Bertz CT molecular complexity index is 630. The molecule has 1 heterocycles. The van der Waals surface area contributed by atoms with Gasteiger partial charge in [0, 0.05) is 38.5 Å². The summed E-state index contributed by atoms with van der Waals surface area (Å²) in [7, 11) is 5.71. The quantitative estimate of drug-likeness (QED) is 0.375. The van der Waals surface area contributed by atoms with Crippen molar-refractivity contribution >= 4 is 39.5 Å². The summed E-state index contributed by atoms with van der Waals surface area (Å²) in [4.78, 5) is 39.0. The third-order valence-electron chi connectivity index (χ3n) is 3.08. The van der Waals surface area contributed by atoms with Crippen LogP contribution < -0.4 is 0 Å². The maximum Gasteiger partial charge on any atom is 0.409 e. The largest absolute Gasteiger partial charge is 0.465 e. The van der Waals surface area contributed by atoms with Gasteiger partial charge in [-0.15, -0.1) is 0 Å². The first kappa shape index (κ1) is 21.8. The number of pyridine rings is 1. The van der Waals surface area contributed by atoms with E-state index in [2.05, 4.69) is 4.98 Å². The lowest BCUT2D eigenvalue weighted by Gasteiger charge is -2.21. The van der Waals surface area contributed by atoms with Crippen LogP contribution in [0.3, 0.4) is 0 Å². The molecule has 144 valence electrons. The standard InChI is InChI=1S/C14H20N4O6S2/c1-10(25-26-12-5-4-11(8-15-12)18(22)23)9-24-14(21)17(3)7-6-16(2)13(19)20/h4-5,8,10H,6-7,9H2,1-3H3,(H,19,20). The van der Waals surface area contributed by atoms with Gasteiger partial charge in [0.15, 0.2) is 0 Å². The van der Waals surface area contributed by atoms with Crippen molar-refractivity contribution in [3.8, 4) is 0 Å². The van der Waals surface area contributed by atoms with Gasteiger partial charge in [-0.2, -0.15) is 0 Å². The molecule has 0 bridgehead atoms. The molecular formula is C14H20N4O6S2. The summed E-state index contributed by atoms with van der Waals surface area (Å²) in [5.74, 6) is 0. The van der Waals surface area contributed by atoms with Crippen molar-refractivity contribution < 1.29 is 24.4 Å². The molecule has 0 aromatic carbocycles. The number of nitro groups is 1. The van der Waals surface area contributed by atoms with Crippen LogP contribution in [0.15, 0.2) is 23.4 Å². The van der Waals surface area contributed by atoms with E-state index in [-0.39, 0.29) is 30.6 Å². The molecule has 1 rings (SSSR count). The Morgan fingerprint density at radius 2 is 2.00 bits per heavy atom. The van der Waals surface area contributed by atoms with Crippen molar-refractivity contribution in [2.45, 2.75) is 17.2 Å². The second-order valence-electron chi connectivity index (χ2n) is 5.30. The maximum atomic E-state index is 11.9. The number of hydrogen-bond donors (Lipinski definition) is 1. The van der Waals surface area contributed by atoms with Crippen LogP contribution in [0.5, 0.6) is 0 Å². The molecule has 0 fully saturated rings. The van der Waals surface area contributed by atoms with E-state index in [1.165, 1.54) is 52.8 Å². The third kappa shape index (κ3) is 7.78. The summed E-state index contributed by atoms with van der Waals surface area (Å²) in [6.07, 6.45) is -0.403. The molecule has 0 saturated carbocycles. The molecule has 2 amide bonds. The van der Waals surface area contributed by atoms with Gasteiger partial charge < -0.3 is 19.6 Å². The van der Waals surface area contributed by atoms with Gasteiger partial charge in [-0.1, -0.05) is 10.8 Å². The molecular weight excluding hydrogens is 384 g/mol. The van der Waals surface area contributed by atoms with E-state index in [1.807, 2.05) is 6.92 Å². The fourth-order valence-electron chi connectivity index (χ4n) is 1.47. The van der Waals surface area contributed by atoms with Crippen LogP contribution in [0, 0.1) is 10.1 Å². The van der Waals surface area contributed by atoms with Gasteiger partial charge in [-0.25, -0.2) is 14.6 Å². The molecule has 26 heavy (non-hydrogen) atoms. The normalized spacial score (nSPS) is 11.5. The fraction of sp³-hybridized carbons (Fsp3) is 0.500. The Balaban J connectivity index is 2.30. The monoisotopic (exact) mass is 404 g/mol. The molecule has 1 atom stereocenters. The van der Waals surface area contributed by atoms with Crippen molar-refractivity contribution in [3.63, 3.8) is 0 Å². The molecule has 10 nitrogen and oxygen atoms in total. The van der Waals surface area contributed by atoms with Crippen molar-refractivity contribution in [2.24, 2.45) is 0 Å². The predicted molar refractivity (Wildman–Crippen MR) is 98.4 cm³/mol. The Hall–Kier alpha value is -2.21. The first-order valence-corrected chi connectivity index (χ1v) is 9.67. The number of carbonyl (C=O) groups excluding carboxylic acids is 1. The Kier molecular flexibility index (Phi) is 8.99. The smallest absolute Gasteiger partial charge is 0.409 e. The third-order valence-corrected chi connectivity index (χ3v) is 5.84. The molecule has 0 saturated heterocycles. The summed E-state index contributed by atoms with van der Waals surface area (Å²) in [5, 5.41) is 19.9. The van der Waals surface area contributed by atoms with Gasteiger partial charge in [0.2, 0.25) is 0 Å². The molecule has 1 unspecified atom stereocenters. The van der Waals surface area contributed by atoms with E-state index in [0.717, 1.165) is 4.90 Å². The minimum atomic E-state index is -1.06. The van der Waals surface area contributed by atoms with E-state index in [9.17, 15) is 19.7 Å². The highest BCUT2D eigenvalue weighted by atomic mass is 33.1. The SMILES string of the molecule is CC(COC(=O)N(C)CCN(C)C(=O)O)SSc1ccc([N+](=O)[O-])cn1. The number of amides is 2. The maximum absolute atomic E-state index is 11.9. The minimum Gasteiger partial charge on any atom is -0.465 e. The van der Waals surface area contributed by atoms with Gasteiger partial charge in [-0.05, 0) is 23.8 Å². The summed E-state index contributed by atoms with van der Waals surface area (Å²) >= 11 is 0. The van der Waals surface area contributed by atoms with E-state index in [1.54, 1.807) is 6.07 Å². The predicted octanol–water partition coefficient (Wildman–Crippen LogP) is 2.80. The lowest BCUT2D eigenvalue weighted by atomic mass is 10.4. The first-order valence-electron chi connectivity index (χ1n) is 7.46. The van der Waals surface area contributed by atoms with Crippen LogP contribution in [-0.4, -0.2) is 76.0 Å². The van der Waals surface area contributed by atoms with Gasteiger partial charge in [0.1, 0.15) is 17.8 Å². The number of nitrogens with zero attached hydrogens (tertiary/aromatic N) is 4. The average Bonchev–Trinajstić information content (AvgIpc) is 2.62. The Morgan fingerprint density at radius 1 is 1.35 bits per heavy atom. The van der Waals surface area contributed by atoms with Crippen molar-refractivity contribution in [2.75, 3.05) is 33.8 Å². The fourth-order valence-corrected chi connectivity index (χ4v) is 3.33. The van der Waals surface area contributed by atoms with E-state index >= 15 is 0 Å². The highest BCUT2D eigenvalue weighted by molar-refractivity contribution is 8.76. The van der Waals surface area contributed by atoms with Crippen molar-refractivity contribution in [1.82, 2.24) is 14.8 Å². The molecule has 12 heteroatoms. The van der Waals surface area contributed by atoms with Crippen molar-refractivity contribution in [3.05, 3.63) is 28.4 Å². The number of carboxylic acid groups (broad SMARTS) is 1. The molecule has 1 N–H and O–H groups in total. The summed E-state index contributed by atoms with van der Waals surface area (Å²) < 4.78 is 5.17. The number of likely N-dealkylation sites (N-methyl/N-ethyl adjacent to an activating group) is 2. The van der Waals surface area contributed by atoms with E-state index in [0.29, 0.717) is 5.03 Å². The molecule has 0 spiro atoms. The lowest BCUT2D eigenvalue weighted by Crippen LogP contribution is -2.37. The van der Waals surface area contributed by atoms with Gasteiger partial charge in [0.25, 0.3) is 5.69 Å². The second kappa shape index (κ2) is 10.7. The molecule has 0 aliphatic rings. The summed E-state index contributed by atoms with van der Waals surface area (Å²) in [6.45, 7) is 2.45. The zero-order valence-electron chi connectivity index (χ0n) is 14.5. The van der Waals surface area contributed by atoms with Crippen LogP contribution in [0.25, 0.3) is 0 Å². The van der Waals surface area contributed by atoms with Gasteiger partial charge in [-0.3, -0.25) is 10.1 Å². The van der Waals surface area contributed by atoms with E-state index in [4.69, 9.17) is 9.84 Å². The highest BCUT2D eigenvalue weighted by Gasteiger charge is 2.15. The number of aromatic nitrogens is 1. The number of hydrogen-bond acceptors (Lipinski definition) is 8.